The van der Waals surface area contributed by atoms with Gasteiger partial charge in [0.15, 0.2) is 15.8 Å². The van der Waals surface area contributed by atoms with E-state index in [0.717, 1.165) is 11.4 Å². The summed E-state index contributed by atoms with van der Waals surface area (Å²) >= 11 is 1.68. The van der Waals surface area contributed by atoms with Crippen molar-refractivity contribution in [1.29, 1.82) is 0 Å². The first-order valence-corrected chi connectivity index (χ1v) is 9.71. The highest BCUT2D eigenvalue weighted by molar-refractivity contribution is 7.92. The number of aromatic nitrogens is 1. The molecule has 1 aromatic rings. The lowest BCUT2D eigenvalue weighted by Gasteiger charge is -2.19. The first-order valence-electron chi connectivity index (χ1n) is 7.24. The smallest absolute Gasteiger partial charge is 0.191 e. The molecule has 1 rings (SSSR count). The second-order valence-electron chi connectivity index (χ2n) is 5.97. The molecule has 0 amide bonds. The molecule has 0 unspecified atom stereocenters. The van der Waals surface area contributed by atoms with Crippen molar-refractivity contribution in [2.24, 2.45) is 4.99 Å². The van der Waals surface area contributed by atoms with Crippen molar-refractivity contribution in [2.75, 3.05) is 25.9 Å². The minimum atomic E-state index is -3.12. The van der Waals surface area contributed by atoms with Crippen LogP contribution in [0.25, 0.3) is 0 Å². The number of nitrogens with zero attached hydrogens (tertiary/aromatic N) is 2. The number of aryl methyl sites for hydroxylation is 1. The van der Waals surface area contributed by atoms with Gasteiger partial charge in [-0.2, -0.15) is 0 Å². The summed E-state index contributed by atoms with van der Waals surface area (Å²) in [5.41, 5.74) is 0. The van der Waals surface area contributed by atoms with Gasteiger partial charge in [0.1, 0.15) is 0 Å². The van der Waals surface area contributed by atoms with Crippen LogP contribution in [0.1, 0.15) is 30.7 Å². The Bertz CT molecular complexity index is 601. The minimum absolute atomic E-state index is 0.0862. The zero-order valence-electron chi connectivity index (χ0n) is 13.9. The Kier molecular flexibility index (Phi) is 6.80. The number of hydrogen-bond acceptors (Lipinski definition) is 5. The Balaban J connectivity index is 2.34. The minimum Gasteiger partial charge on any atom is -0.356 e. The van der Waals surface area contributed by atoms with Crippen LogP contribution >= 0.6 is 11.3 Å². The largest absolute Gasteiger partial charge is 0.356 e. The molecule has 0 aliphatic rings. The van der Waals surface area contributed by atoms with Gasteiger partial charge >= 0.3 is 0 Å². The van der Waals surface area contributed by atoms with E-state index in [-0.39, 0.29) is 5.75 Å². The summed E-state index contributed by atoms with van der Waals surface area (Å²) in [6.07, 6.45) is 2.68. The average Bonchev–Trinajstić information content (AvgIpc) is 2.81. The van der Waals surface area contributed by atoms with Gasteiger partial charge in [0.25, 0.3) is 0 Å². The molecule has 0 radical (unpaired) electrons. The van der Waals surface area contributed by atoms with Crippen LogP contribution in [0.3, 0.4) is 0 Å². The first kappa shape index (κ1) is 18.9. The fraction of sp³-hybridized carbons (Fsp3) is 0.714. The van der Waals surface area contributed by atoms with E-state index in [0.29, 0.717) is 19.0 Å². The summed E-state index contributed by atoms with van der Waals surface area (Å²) in [6.45, 7) is 8.22. The number of nitrogens with one attached hydrogen (secondary N) is 2. The lowest BCUT2D eigenvalue weighted by molar-refractivity contribution is 0.559. The molecule has 1 aromatic heterocycles. The van der Waals surface area contributed by atoms with E-state index in [1.165, 1.54) is 4.88 Å². The normalized spacial score (nSPS) is 13.2. The maximum absolute atomic E-state index is 12.0. The van der Waals surface area contributed by atoms with Crippen molar-refractivity contribution < 1.29 is 8.42 Å². The van der Waals surface area contributed by atoms with Crippen LogP contribution in [0, 0.1) is 6.92 Å². The van der Waals surface area contributed by atoms with E-state index in [1.807, 2.05) is 13.1 Å². The lowest BCUT2D eigenvalue weighted by Crippen LogP contribution is -2.42. The fourth-order valence-electron chi connectivity index (χ4n) is 1.64. The lowest BCUT2D eigenvalue weighted by atomic mass is 10.3. The molecule has 0 aliphatic heterocycles. The molecule has 22 heavy (non-hydrogen) atoms. The van der Waals surface area contributed by atoms with Crippen molar-refractivity contribution in [3.05, 3.63) is 16.1 Å². The number of hydrogen-bond donors (Lipinski definition) is 2. The summed E-state index contributed by atoms with van der Waals surface area (Å²) in [5, 5.41) is 7.27. The van der Waals surface area contributed by atoms with Crippen LogP contribution in [-0.4, -0.2) is 50.0 Å². The topological polar surface area (TPSA) is 83.4 Å². The van der Waals surface area contributed by atoms with Crippen LogP contribution in [0.15, 0.2) is 11.2 Å². The Hall–Kier alpha value is -1.15. The maximum Gasteiger partial charge on any atom is 0.191 e. The first-order chi connectivity index (χ1) is 10.2. The number of guanidine groups is 1. The summed E-state index contributed by atoms with van der Waals surface area (Å²) in [4.78, 5) is 9.59. The molecular formula is C14H26N4O2S2. The molecule has 126 valence electrons. The van der Waals surface area contributed by atoms with Crippen molar-refractivity contribution in [1.82, 2.24) is 15.6 Å². The molecule has 0 bridgehead atoms. The zero-order valence-corrected chi connectivity index (χ0v) is 15.6. The monoisotopic (exact) mass is 346 g/mol. The number of sulfone groups is 1. The van der Waals surface area contributed by atoms with E-state index in [4.69, 9.17) is 0 Å². The summed E-state index contributed by atoms with van der Waals surface area (Å²) < 4.78 is 23.3. The van der Waals surface area contributed by atoms with Gasteiger partial charge < -0.3 is 10.6 Å². The molecule has 8 heteroatoms. The molecular weight excluding hydrogens is 320 g/mol. The van der Waals surface area contributed by atoms with Gasteiger partial charge in [0.2, 0.25) is 0 Å². The summed E-state index contributed by atoms with van der Waals surface area (Å²) in [6, 6.07) is 0. The van der Waals surface area contributed by atoms with Crippen molar-refractivity contribution in [3.8, 4) is 0 Å². The van der Waals surface area contributed by atoms with Gasteiger partial charge in [-0.25, -0.2) is 13.4 Å². The molecule has 0 aromatic carbocycles. The molecule has 0 spiro atoms. The Morgan fingerprint density at radius 3 is 2.45 bits per heavy atom. The maximum atomic E-state index is 12.0. The highest BCUT2D eigenvalue weighted by Gasteiger charge is 2.28. The predicted molar refractivity (Wildman–Crippen MR) is 93.5 cm³/mol. The second kappa shape index (κ2) is 7.92. The van der Waals surface area contributed by atoms with Gasteiger partial charge in [0.05, 0.1) is 15.5 Å². The number of thiazole rings is 1. The number of aliphatic imine (C=N–C) groups is 1. The van der Waals surface area contributed by atoms with E-state index in [2.05, 4.69) is 20.6 Å². The molecule has 0 saturated carbocycles. The van der Waals surface area contributed by atoms with E-state index < -0.39 is 14.6 Å². The van der Waals surface area contributed by atoms with Gasteiger partial charge in [-0.3, -0.25) is 4.99 Å². The molecule has 0 aliphatic carbocycles. The van der Waals surface area contributed by atoms with E-state index in [1.54, 1.807) is 39.2 Å². The van der Waals surface area contributed by atoms with Crippen molar-refractivity contribution >= 4 is 27.1 Å². The third kappa shape index (κ3) is 5.92. The van der Waals surface area contributed by atoms with Crippen molar-refractivity contribution in [2.45, 2.75) is 38.9 Å². The summed E-state index contributed by atoms with van der Waals surface area (Å²) in [5.74, 6) is 0.695. The SMILES string of the molecule is CN=C(NCCc1ncc(C)s1)NCCS(=O)(=O)C(C)(C)C. The average molecular weight is 347 g/mol. The van der Waals surface area contributed by atoms with Crippen LogP contribution in [0.5, 0.6) is 0 Å². The third-order valence-electron chi connectivity index (χ3n) is 3.12. The molecule has 1 heterocycles. The standard InChI is InChI=1S/C14H26N4O2S2/c1-11-10-18-12(21-11)6-7-16-13(15-5)17-8-9-22(19,20)14(2,3)4/h10H,6-9H2,1-5H3,(H2,15,16,17). The van der Waals surface area contributed by atoms with E-state index >= 15 is 0 Å². The molecule has 0 saturated heterocycles. The third-order valence-corrected chi connectivity index (χ3v) is 6.70. The molecule has 0 atom stereocenters. The van der Waals surface area contributed by atoms with Gasteiger partial charge in [-0.15, -0.1) is 11.3 Å². The van der Waals surface area contributed by atoms with E-state index in [9.17, 15) is 8.42 Å². The highest BCUT2D eigenvalue weighted by Crippen LogP contribution is 2.15. The number of rotatable bonds is 6. The van der Waals surface area contributed by atoms with Crippen LogP contribution in [0.2, 0.25) is 0 Å². The quantitative estimate of drug-likeness (QED) is 0.600. The second-order valence-corrected chi connectivity index (χ2v) is 10.2. The Labute approximate surface area is 137 Å². The summed E-state index contributed by atoms with van der Waals surface area (Å²) in [7, 11) is -1.45. The van der Waals surface area contributed by atoms with Crippen LogP contribution in [-0.2, 0) is 16.3 Å². The highest BCUT2D eigenvalue weighted by atomic mass is 32.2. The molecule has 0 fully saturated rings. The van der Waals surface area contributed by atoms with Crippen molar-refractivity contribution in [3.63, 3.8) is 0 Å². The molecule has 2 N–H and O–H groups in total. The Morgan fingerprint density at radius 2 is 1.95 bits per heavy atom. The fourth-order valence-corrected chi connectivity index (χ4v) is 3.41. The predicted octanol–water partition coefficient (Wildman–Crippen LogP) is 1.37. The van der Waals surface area contributed by atoms with Gasteiger partial charge in [-0.05, 0) is 27.7 Å². The molecule has 6 nitrogen and oxygen atoms in total. The van der Waals surface area contributed by atoms with Crippen LogP contribution in [0.4, 0.5) is 0 Å². The van der Waals surface area contributed by atoms with Gasteiger partial charge in [0, 0.05) is 37.6 Å². The zero-order chi connectivity index (χ0) is 16.8. The van der Waals surface area contributed by atoms with Gasteiger partial charge in [-0.1, -0.05) is 0 Å². The Morgan fingerprint density at radius 1 is 1.32 bits per heavy atom. The van der Waals surface area contributed by atoms with Crippen LogP contribution < -0.4 is 10.6 Å².